The van der Waals surface area contributed by atoms with Crippen molar-refractivity contribution in [2.24, 2.45) is 0 Å². The molecule has 20 heavy (non-hydrogen) atoms. The number of hydrogen-bond donors (Lipinski definition) is 1. The van der Waals surface area contributed by atoms with Crippen molar-refractivity contribution in [2.45, 2.75) is 46.7 Å². The smallest absolute Gasteiger partial charge is 0.0297 e. The second-order valence-electron chi connectivity index (χ2n) is 5.94. The summed E-state index contributed by atoms with van der Waals surface area (Å²) in [6, 6.07) is 16.2. The minimum absolute atomic E-state index is 0.352. The van der Waals surface area contributed by atoms with Crippen LogP contribution in [-0.2, 0) is 0 Å². The molecule has 2 rings (SSSR count). The molecule has 2 aromatic carbocycles. The topological polar surface area (TPSA) is 12.0 Å². The first kappa shape index (κ1) is 14.8. The third-order valence-electron chi connectivity index (χ3n) is 3.82. The lowest BCUT2D eigenvalue weighted by atomic mass is 10.0. The zero-order valence-corrected chi connectivity index (χ0v) is 13.2. The molecule has 0 aliphatic rings. The van der Waals surface area contributed by atoms with Crippen molar-refractivity contribution < 1.29 is 0 Å². The molecule has 0 radical (unpaired) electrons. The first-order chi connectivity index (χ1) is 9.45. The zero-order valence-electron chi connectivity index (χ0n) is 13.2. The third-order valence-corrected chi connectivity index (χ3v) is 3.82. The average molecular weight is 267 g/mol. The summed E-state index contributed by atoms with van der Waals surface area (Å²) < 4.78 is 0. The first-order valence-corrected chi connectivity index (χ1v) is 7.36. The number of rotatable bonds is 4. The highest BCUT2D eigenvalue weighted by atomic mass is 14.9. The highest BCUT2D eigenvalue weighted by Gasteiger charge is 2.11. The van der Waals surface area contributed by atoms with Gasteiger partial charge in [-0.25, -0.2) is 0 Å². The maximum Gasteiger partial charge on any atom is 0.0297 e. The second-order valence-corrected chi connectivity index (χ2v) is 5.94. The number of hydrogen-bond acceptors (Lipinski definition) is 1. The maximum atomic E-state index is 3.69. The summed E-state index contributed by atoms with van der Waals surface area (Å²) in [7, 11) is 0. The lowest BCUT2D eigenvalue weighted by Gasteiger charge is -2.21. The average Bonchev–Trinajstić information content (AvgIpc) is 2.38. The molecule has 106 valence electrons. The minimum Gasteiger partial charge on any atom is -0.304 e. The summed E-state index contributed by atoms with van der Waals surface area (Å²) in [5, 5.41) is 3.69. The molecule has 1 heteroatoms. The summed E-state index contributed by atoms with van der Waals surface area (Å²) in [5.41, 5.74) is 6.67. The molecule has 1 unspecified atom stereocenters. The Bertz CT molecular complexity index is 549. The third kappa shape index (κ3) is 3.71. The van der Waals surface area contributed by atoms with Crippen LogP contribution in [0.25, 0.3) is 0 Å². The van der Waals surface area contributed by atoms with Gasteiger partial charge in [-0.2, -0.15) is 0 Å². The largest absolute Gasteiger partial charge is 0.304 e. The molecular weight excluding hydrogens is 242 g/mol. The molecule has 0 aliphatic carbocycles. The van der Waals surface area contributed by atoms with Crippen molar-refractivity contribution in [1.82, 2.24) is 5.32 Å². The molecule has 0 bridgehead atoms. The summed E-state index contributed by atoms with van der Waals surface area (Å²) in [6.07, 6.45) is 0. The van der Waals surface area contributed by atoms with Crippen molar-refractivity contribution in [1.29, 1.82) is 0 Å². The van der Waals surface area contributed by atoms with E-state index in [4.69, 9.17) is 0 Å². The van der Waals surface area contributed by atoms with Crippen molar-refractivity contribution in [3.63, 3.8) is 0 Å². The van der Waals surface area contributed by atoms with Crippen LogP contribution in [0.15, 0.2) is 42.5 Å². The van der Waals surface area contributed by atoms with Gasteiger partial charge in [-0.3, -0.25) is 0 Å². The van der Waals surface area contributed by atoms with Gasteiger partial charge in [0.2, 0.25) is 0 Å². The molecule has 1 N–H and O–H groups in total. The van der Waals surface area contributed by atoms with Crippen LogP contribution < -0.4 is 5.32 Å². The Labute approximate surface area is 123 Å². The van der Waals surface area contributed by atoms with Crippen LogP contribution in [0.3, 0.4) is 0 Å². The number of aryl methyl sites for hydroxylation is 3. The fraction of sp³-hybridized carbons (Fsp3) is 0.368. The van der Waals surface area contributed by atoms with Crippen LogP contribution in [0.1, 0.15) is 53.7 Å². The molecule has 0 spiro atoms. The fourth-order valence-corrected chi connectivity index (χ4v) is 2.68. The van der Waals surface area contributed by atoms with E-state index in [0.29, 0.717) is 12.1 Å². The van der Waals surface area contributed by atoms with E-state index in [1.807, 2.05) is 0 Å². The standard InChI is InChI=1S/C19H25N/c1-13-6-8-18(9-7-13)16(4)20-17(5)19-11-14(2)10-15(3)12-19/h6-12,16-17,20H,1-5H3/t16-,17?/m1/s1. The lowest BCUT2D eigenvalue weighted by Crippen LogP contribution is -2.22. The lowest BCUT2D eigenvalue weighted by molar-refractivity contribution is 0.494. The van der Waals surface area contributed by atoms with E-state index in [-0.39, 0.29) is 0 Å². The van der Waals surface area contributed by atoms with E-state index < -0.39 is 0 Å². The quantitative estimate of drug-likeness (QED) is 0.819. The van der Waals surface area contributed by atoms with Gasteiger partial charge in [-0.15, -0.1) is 0 Å². The summed E-state index contributed by atoms with van der Waals surface area (Å²) in [4.78, 5) is 0. The molecule has 0 aliphatic heterocycles. The monoisotopic (exact) mass is 267 g/mol. The molecule has 0 heterocycles. The van der Waals surface area contributed by atoms with Gasteiger partial charge in [-0.1, -0.05) is 59.2 Å². The van der Waals surface area contributed by atoms with Gasteiger partial charge in [0.05, 0.1) is 0 Å². The van der Waals surface area contributed by atoms with E-state index >= 15 is 0 Å². The van der Waals surface area contributed by atoms with Crippen LogP contribution in [0, 0.1) is 20.8 Å². The first-order valence-electron chi connectivity index (χ1n) is 7.36. The van der Waals surface area contributed by atoms with Crippen LogP contribution >= 0.6 is 0 Å². The summed E-state index contributed by atoms with van der Waals surface area (Å²) in [5.74, 6) is 0. The van der Waals surface area contributed by atoms with Crippen LogP contribution in [0.2, 0.25) is 0 Å². The van der Waals surface area contributed by atoms with Crippen LogP contribution in [0.4, 0.5) is 0 Å². The van der Waals surface area contributed by atoms with Crippen LogP contribution in [0.5, 0.6) is 0 Å². The van der Waals surface area contributed by atoms with Gasteiger partial charge in [0.15, 0.2) is 0 Å². The molecule has 2 aromatic rings. The number of nitrogens with one attached hydrogen (secondary N) is 1. The van der Waals surface area contributed by atoms with Gasteiger partial charge < -0.3 is 5.32 Å². The zero-order chi connectivity index (χ0) is 14.7. The van der Waals surface area contributed by atoms with E-state index in [0.717, 1.165) is 0 Å². The van der Waals surface area contributed by atoms with Crippen molar-refractivity contribution in [2.75, 3.05) is 0 Å². The molecule has 1 nitrogen and oxygen atoms in total. The van der Waals surface area contributed by atoms with E-state index in [1.54, 1.807) is 0 Å². The molecule has 0 saturated heterocycles. The molecular formula is C19H25N. The Morgan fingerprint density at radius 1 is 0.650 bits per heavy atom. The van der Waals surface area contributed by atoms with E-state index in [1.165, 1.54) is 27.8 Å². The maximum absolute atomic E-state index is 3.69. The molecule has 2 atom stereocenters. The highest BCUT2D eigenvalue weighted by molar-refractivity contribution is 5.31. The normalized spacial score (nSPS) is 14.1. The Morgan fingerprint density at radius 3 is 1.70 bits per heavy atom. The van der Waals surface area contributed by atoms with Gasteiger partial charge in [0.25, 0.3) is 0 Å². The Morgan fingerprint density at radius 2 is 1.15 bits per heavy atom. The minimum atomic E-state index is 0.352. The fourth-order valence-electron chi connectivity index (χ4n) is 2.68. The predicted octanol–water partition coefficient (Wildman–Crippen LogP) is 5.02. The SMILES string of the molecule is Cc1ccc([C@@H](C)NC(C)c2cc(C)cc(C)c2)cc1. The van der Waals surface area contributed by atoms with E-state index in [9.17, 15) is 0 Å². The van der Waals surface area contributed by atoms with Crippen molar-refractivity contribution >= 4 is 0 Å². The molecule has 0 aromatic heterocycles. The predicted molar refractivity (Wildman–Crippen MR) is 87.1 cm³/mol. The molecule has 0 amide bonds. The summed E-state index contributed by atoms with van der Waals surface area (Å²) in [6.45, 7) is 10.9. The van der Waals surface area contributed by atoms with Crippen molar-refractivity contribution in [3.05, 3.63) is 70.3 Å². The Hall–Kier alpha value is -1.60. The second kappa shape index (κ2) is 6.23. The van der Waals surface area contributed by atoms with Gasteiger partial charge in [-0.05, 0) is 45.7 Å². The number of benzene rings is 2. The summed E-state index contributed by atoms with van der Waals surface area (Å²) >= 11 is 0. The molecule has 0 fully saturated rings. The molecule has 0 saturated carbocycles. The highest BCUT2D eigenvalue weighted by Crippen LogP contribution is 2.21. The van der Waals surface area contributed by atoms with Gasteiger partial charge in [0.1, 0.15) is 0 Å². The Kier molecular flexibility index (Phi) is 4.61. The van der Waals surface area contributed by atoms with Gasteiger partial charge >= 0.3 is 0 Å². The van der Waals surface area contributed by atoms with Crippen molar-refractivity contribution in [3.8, 4) is 0 Å². The Balaban J connectivity index is 2.10. The van der Waals surface area contributed by atoms with Crippen LogP contribution in [-0.4, -0.2) is 0 Å². The van der Waals surface area contributed by atoms with Gasteiger partial charge in [0, 0.05) is 12.1 Å². The van der Waals surface area contributed by atoms with E-state index in [2.05, 4.69) is 82.4 Å².